The van der Waals surface area contributed by atoms with Crippen LogP contribution in [0.5, 0.6) is 5.75 Å². The van der Waals surface area contributed by atoms with E-state index in [0.29, 0.717) is 12.1 Å². The van der Waals surface area contributed by atoms with E-state index in [9.17, 15) is 4.79 Å². The van der Waals surface area contributed by atoms with Gasteiger partial charge in [-0.2, -0.15) is 0 Å². The van der Waals surface area contributed by atoms with Gasteiger partial charge >= 0.3 is 0 Å². The predicted octanol–water partition coefficient (Wildman–Crippen LogP) is 4.01. The summed E-state index contributed by atoms with van der Waals surface area (Å²) in [6, 6.07) is 7.65. The van der Waals surface area contributed by atoms with E-state index in [-0.39, 0.29) is 5.91 Å². The second-order valence-corrected chi connectivity index (χ2v) is 6.78. The minimum atomic E-state index is -0.114. The van der Waals surface area contributed by atoms with Crippen LogP contribution in [0, 0.1) is 6.92 Å². The second kappa shape index (κ2) is 7.45. The first kappa shape index (κ1) is 16.5. The highest BCUT2D eigenvalue weighted by Gasteiger charge is 2.13. The number of aromatic nitrogens is 1. The van der Waals surface area contributed by atoms with Crippen molar-refractivity contribution in [3.63, 3.8) is 0 Å². The van der Waals surface area contributed by atoms with Crippen molar-refractivity contribution in [3.05, 3.63) is 63.3 Å². The predicted molar refractivity (Wildman–Crippen MR) is 96.9 cm³/mol. The van der Waals surface area contributed by atoms with Gasteiger partial charge in [-0.15, -0.1) is 11.3 Å². The molecule has 1 aromatic carbocycles. The highest BCUT2D eigenvalue weighted by atomic mass is 32.1. The monoisotopic (exact) mass is 340 g/mol. The number of fused-ring (bicyclic) bond motifs is 1. The summed E-state index contributed by atoms with van der Waals surface area (Å²) >= 11 is 1.68. The number of hydrogen-bond donors (Lipinski definition) is 1. The smallest absolute Gasteiger partial charge is 0.251 e. The standard InChI is InChI=1S/C19H20N2O2S/c1-3-6-18-21-13(2)17(24-18)12-20-19(22)15-9-10-23-16-8-5-4-7-14(16)11-15/h4-5,7-11H,3,6,12H2,1-2H3,(H,20,22). The molecule has 1 N–H and O–H groups in total. The zero-order chi connectivity index (χ0) is 16.9. The molecule has 1 amide bonds. The maximum Gasteiger partial charge on any atom is 0.251 e. The first-order chi connectivity index (χ1) is 11.7. The Morgan fingerprint density at radius 3 is 3.00 bits per heavy atom. The Balaban J connectivity index is 1.70. The van der Waals surface area contributed by atoms with Crippen LogP contribution in [0.2, 0.25) is 0 Å². The molecule has 0 saturated carbocycles. The topological polar surface area (TPSA) is 51.2 Å². The first-order valence-corrected chi connectivity index (χ1v) is 8.86. The molecule has 2 aromatic rings. The van der Waals surface area contributed by atoms with Crippen molar-refractivity contribution >= 4 is 23.3 Å². The van der Waals surface area contributed by atoms with E-state index in [1.54, 1.807) is 23.7 Å². The summed E-state index contributed by atoms with van der Waals surface area (Å²) in [7, 11) is 0. The SMILES string of the molecule is CCCc1nc(C)c(CNC(=O)C2=Cc3ccccc3OC=C2)s1. The molecule has 5 heteroatoms. The third-order valence-corrected chi connectivity index (χ3v) is 4.96. The molecule has 0 saturated heterocycles. The number of thiazole rings is 1. The van der Waals surface area contributed by atoms with Gasteiger partial charge < -0.3 is 10.1 Å². The number of amides is 1. The van der Waals surface area contributed by atoms with Gasteiger partial charge in [-0.05, 0) is 38.0 Å². The molecule has 1 aromatic heterocycles. The van der Waals surface area contributed by atoms with Gasteiger partial charge in [0.1, 0.15) is 5.75 Å². The molecule has 1 aliphatic heterocycles. The van der Waals surface area contributed by atoms with Crippen LogP contribution in [-0.2, 0) is 17.8 Å². The number of carbonyl (C=O) groups excluding carboxylic acids is 1. The Morgan fingerprint density at radius 2 is 2.17 bits per heavy atom. The van der Waals surface area contributed by atoms with Gasteiger partial charge in [0.05, 0.1) is 23.5 Å². The average molecular weight is 340 g/mol. The highest BCUT2D eigenvalue weighted by molar-refractivity contribution is 7.11. The summed E-state index contributed by atoms with van der Waals surface area (Å²) in [6.45, 7) is 4.63. The highest BCUT2D eigenvalue weighted by Crippen LogP contribution is 2.24. The second-order valence-electron chi connectivity index (χ2n) is 5.61. The first-order valence-electron chi connectivity index (χ1n) is 8.04. The summed E-state index contributed by atoms with van der Waals surface area (Å²) in [5, 5.41) is 4.11. The van der Waals surface area contributed by atoms with Crippen LogP contribution < -0.4 is 10.1 Å². The fourth-order valence-electron chi connectivity index (χ4n) is 2.48. The Bertz CT molecular complexity index is 805. The number of rotatable bonds is 5. The van der Waals surface area contributed by atoms with Crippen molar-refractivity contribution in [2.45, 2.75) is 33.2 Å². The van der Waals surface area contributed by atoms with Crippen molar-refractivity contribution in [1.29, 1.82) is 0 Å². The molecule has 0 unspecified atom stereocenters. The van der Waals surface area contributed by atoms with E-state index in [4.69, 9.17) is 4.74 Å². The average Bonchev–Trinajstić information content (AvgIpc) is 2.80. The van der Waals surface area contributed by atoms with Gasteiger partial charge in [0.25, 0.3) is 5.91 Å². The van der Waals surface area contributed by atoms with Crippen molar-refractivity contribution < 1.29 is 9.53 Å². The molecule has 0 spiro atoms. The number of benzene rings is 1. The third kappa shape index (κ3) is 3.74. The lowest BCUT2D eigenvalue weighted by molar-refractivity contribution is -0.117. The van der Waals surface area contributed by atoms with Gasteiger partial charge in [-0.3, -0.25) is 4.79 Å². The largest absolute Gasteiger partial charge is 0.464 e. The minimum Gasteiger partial charge on any atom is -0.464 e. The lowest BCUT2D eigenvalue weighted by Crippen LogP contribution is -2.23. The number of carbonyl (C=O) groups is 1. The van der Waals surface area contributed by atoms with E-state index in [1.807, 2.05) is 37.3 Å². The van der Waals surface area contributed by atoms with E-state index in [0.717, 1.165) is 39.7 Å². The molecule has 3 rings (SSSR count). The van der Waals surface area contributed by atoms with Crippen LogP contribution in [0.25, 0.3) is 6.08 Å². The number of aryl methyl sites for hydroxylation is 2. The summed E-state index contributed by atoms with van der Waals surface area (Å²) in [4.78, 5) is 18.1. The Hall–Kier alpha value is -2.40. The molecular weight excluding hydrogens is 320 g/mol. The van der Waals surface area contributed by atoms with Crippen LogP contribution in [-0.4, -0.2) is 10.9 Å². The number of nitrogens with one attached hydrogen (secondary N) is 1. The number of hydrogen-bond acceptors (Lipinski definition) is 4. The molecule has 0 atom stereocenters. The van der Waals surface area contributed by atoms with Crippen molar-refractivity contribution in [3.8, 4) is 5.75 Å². The van der Waals surface area contributed by atoms with Crippen LogP contribution in [0.3, 0.4) is 0 Å². The molecule has 1 aliphatic rings. The molecule has 4 nitrogen and oxygen atoms in total. The van der Waals surface area contributed by atoms with Gasteiger partial charge in [0, 0.05) is 16.0 Å². The molecule has 24 heavy (non-hydrogen) atoms. The summed E-state index contributed by atoms with van der Waals surface area (Å²) in [5.74, 6) is 0.635. The fraction of sp³-hybridized carbons (Fsp3) is 0.263. The number of ether oxygens (including phenoxy) is 1. The summed E-state index contributed by atoms with van der Waals surface area (Å²) in [6.07, 6.45) is 7.15. The summed E-state index contributed by atoms with van der Waals surface area (Å²) < 4.78 is 5.52. The lowest BCUT2D eigenvalue weighted by atomic mass is 10.1. The van der Waals surface area contributed by atoms with E-state index < -0.39 is 0 Å². The van der Waals surface area contributed by atoms with E-state index >= 15 is 0 Å². The Labute approximate surface area is 145 Å². The minimum absolute atomic E-state index is 0.114. The van der Waals surface area contributed by atoms with Crippen LogP contribution in [0.1, 0.15) is 34.5 Å². The molecule has 0 aliphatic carbocycles. The van der Waals surface area contributed by atoms with Crippen LogP contribution >= 0.6 is 11.3 Å². The zero-order valence-electron chi connectivity index (χ0n) is 13.8. The van der Waals surface area contributed by atoms with Gasteiger partial charge in [0.2, 0.25) is 0 Å². The third-order valence-electron chi connectivity index (χ3n) is 3.75. The van der Waals surface area contributed by atoms with Gasteiger partial charge in [-0.25, -0.2) is 4.98 Å². The number of para-hydroxylation sites is 1. The summed E-state index contributed by atoms with van der Waals surface area (Å²) in [5.41, 5.74) is 2.48. The molecule has 0 bridgehead atoms. The van der Waals surface area contributed by atoms with Crippen LogP contribution in [0.15, 0.2) is 42.2 Å². The molecule has 0 radical (unpaired) electrons. The van der Waals surface area contributed by atoms with Crippen molar-refractivity contribution in [1.82, 2.24) is 10.3 Å². The Kier molecular flexibility index (Phi) is 5.11. The Morgan fingerprint density at radius 1 is 1.33 bits per heavy atom. The van der Waals surface area contributed by atoms with Crippen molar-refractivity contribution in [2.75, 3.05) is 0 Å². The molecule has 2 heterocycles. The van der Waals surface area contributed by atoms with Gasteiger partial charge in [-0.1, -0.05) is 25.1 Å². The van der Waals surface area contributed by atoms with E-state index in [1.165, 1.54) is 0 Å². The van der Waals surface area contributed by atoms with Crippen LogP contribution in [0.4, 0.5) is 0 Å². The molecular formula is C19H20N2O2S. The molecule has 0 fully saturated rings. The quantitative estimate of drug-likeness (QED) is 0.895. The zero-order valence-corrected chi connectivity index (χ0v) is 14.7. The van der Waals surface area contributed by atoms with Gasteiger partial charge in [0.15, 0.2) is 0 Å². The fourth-order valence-corrected chi connectivity index (χ4v) is 3.59. The molecule has 124 valence electrons. The maximum absolute atomic E-state index is 12.5. The van der Waals surface area contributed by atoms with E-state index in [2.05, 4.69) is 17.2 Å². The normalized spacial score (nSPS) is 12.8. The number of nitrogens with zero attached hydrogens (tertiary/aromatic N) is 1. The maximum atomic E-state index is 12.5. The lowest BCUT2D eigenvalue weighted by Gasteiger charge is -2.05. The van der Waals surface area contributed by atoms with Crippen molar-refractivity contribution in [2.24, 2.45) is 0 Å².